The normalized spacial score (nSPS) is 16.1. The van der Waals surface area contributed by atoms with Gasteiger partial charge in [-0.25, -0.2) is 0 Å². The second-order valence-electron chi connectivity index (χ2n) is 6.60. The summed E-state index contributed by atoms with van der Waals surface area (Å²) in [7, 11) is 0. The van der Waals surface area contributed by atoms with Gasteiger partial charge in [0.2, 0.25) is 11.7 Å². The van der Waals surface area contributed by atoms with Gasteiger partial charge >= 0.3 is 0 Å². The molecule has 1 aromatic heterocycles. The maximum absolute atomic E-state index is 12.3. The number of fused-ring (bicyclic) bond motifs is 1. The lowest BCUT2D eigenvalue weighted by Crippen LogP contribution is -2.33. The molecule has 0 bridgehead atoms. The monoisotopic (exact) mass is 347 g/mol. The van der Waals surface area contributed by atoms with Crippen LogP contribution in [-0.2, 0) is 17.8 Å². The predicted octanol–water partition coefficient (Wildman–Crippen LogP) is 2.58. The topological polar surface area (TPSA) is 72.7 Å². The van der Waals surface area contributed by atoms with Gasteiger partial charge in [-0.2, -0.15) is 4.80 Å². The van der Waals surface area contributed by atoms with Gasteiger partial charge in [0.1, 0.15) is 6.54 Å². The molecule has 26 heavy (non-hydrogen) atoms. The predicted molar refractivity (Wildman–Crippen MR) is 98.4 cm³/mol. The number of carbonyl (C=O) groups is 1. The summed E-state index contributed by atoms with van der Waals surface area (Å²) in [6, 6.07) is 18.1. The van der Waals surface area contributed by atoms with E-state index in [2.05, 4.69) is 45.0 Å². The minimum atomic E-state index is -0.0925. The zero-order valence-corrected chi connectivity index (χ0v) is 14.5. The fourth-order valence-electron chi connectivity index (χ4n) is 3.50. The number of aryl methyl sites for hydroxylation is 1. The molecule has 3 aromatic rings. The highest BCUT2D eigenvalue weighted by molar-refractivity contribution is 5.75. The standard InChI is InChI=1S/C20H21N5O/c26-19(14-25-23-20(22-24-25)16-8-2-1-3-9-16)21-13-17-11-6-10-15-7-4-5-12-18(15)17/h1-5,7-9,12,17H,6,10-11,13-14H2,(H,21,26). The van der Waals surface area contributed by atoms with E-state index in [1.54, 1.807) is 0 Å². The van der Waals surface area contributed by atoms with E-state index in [1.807, 2.05) is 30.3 Å². The molecule has 0 fully saturated rings. The van der Waals surface area contributed by atoms with Gasteiger partial charge in [-0.15, -0.1) is 10.2 Å². The molecule has 4 rings (SSSR count). The highest BCUT2D eigenvalue weighted by atomic mass is 16.2. The Bertz CT molecular complexity index is 890. The molecular weight excluding hydrogens is 326 g/mol. The molecule has 1 aliphatic rings. The van der Waals surface area contributed by atoms with Crippen molar-refractivity contribution in [3.8, 4) is 11.4 Å². The number of benzene rings is 2. The van der Waals surface area contributed by atoms with Crippen LogP contribution in [0.2, 0.25) is 0 Å². The van der Waals surface area contributed by atoms with Gasteiger partial charge < -0.3 is 5.32 Å². The Morgan fingerprint density at radius 3 is 2.81 bits per heavy atom. The summed E-state index contributed by atoms with van der Waals surface area (Å²) in [5.41, 5.74) is 3.66. The Morgan fingerprint density at radius 1 is 1.12 bits per heavy atom. The largest absolute Gasteiger partial charge is 0.354 e. The lowest BCUT2D eigenvalue weighted by molar-refractivity contribution is -0.122. The van der Waals surface area contributed by atoms with Crippen LogP contribution in [0.3, 0.4) is 0 Å². The number of carbonyl (C=O) groups excluding carboxylic acids is 1. The van der Waals surface area contributed by atoms with Crippen molar-refractivity contribution >= 4 is 5.91 Å². The van der Waals surface area contributed by atoms with Crippen molar-refractivity contribution in [2.75, 3.05) is 6.54 Å². The van der Waals surface area contributed by atoms with Crippen molar-refractivity contribution in [1.29, 1.82) is 0 Å². The number of amides is 1. The summed E-state index contributed by atoms with van der Waals surface area (Å²) in [5.74, 6) is 0.817. The van der Waals surface area contributed by atoms with Crippen LogP contribution in [-0.4, -0.2) is 32.7 Å². The maximum atomic E-state index is 12.3. The molecule has 1 heterocycles. The summed E-state index contributed by atoms with van der Waals surface area (Å²) in [5, 5.41) is 15.3. The number of nitrogens with one attached hydrogen (secondary N) is 1. The Labute approximate surface area is 152 Å². The molecule has 0 spiro atoms. The Morgan fingerprint density at radius 2 is 1.92 bits per heavy atom. The summed E-state index contributed by atoms with van der Waals surface area (Å²) < 4.78 is 0. The zero-order valence-electron chi connectivity index (χ0n) is 14.5. The van der Waals surface area contributed by atoms with Crippen LogP contribution < -0.4 is 5.32 Å². The minimum absolute atomic E-state index is 0.0776. The van der Waals surface area contributed by atoms with Gasteiger partial charge in [-0.3, -0.25) is 4.79 Å². The number of nitrogens with zero attached hydrogens (tertiary/aromatic N) is 4. The molecule has 1 unspecified atom stereocenters. The summed E-state index contributed by atoms with van der Waals surface area (Å²) in [4.78, 5) is 13.6. The molecule has 0 saturated carbocycles. The molecule has 2 aromatic carbocycles. The SMILES string of the molecule is O=C(Cn1nnc(-c2ccccc2)n1)NCC1CCCc2ccccc21. The van der Waals surface area contributed by atoms with Gasteiger partial charge in [-0.1, -0.05) is 54.6 Å². The lowest BCUT2D eigenvalue weighted by Gasteiger charge is -2.25. The number of rotatable bonds is 5. The van der Waals surface area contributed by atoms with E-state index >= 15 is 0 Å². The smallest absolute Gasteiger partial charge is 0.243 e. The number of hydrogen-bond acceptors (Lipinski definition) is 4. The third-order valence-corrected chi connectivity index (χ3v) is 4.81. The highest BCUT2D eigenvalue weighted by Gasteiger charge is 2.20. The molecule has 1 N–H and O–H groups in total. The van der Waals surface area contributed by atoms with Gasteiger partial charge in [0.05, 0.1) is 0 Å². The summed E-state index contributed by atoms with van der Waals surface area (Å²) >= 11 is 0. The third kappa shape index (κ3) is 3.64. The van der Waals surface area contributed by atoms with Crippen LogP contribution in [0.5, 0.6) is 0 Å². The van der Waals surface area contributed by atoms with E-state index < -0.39 is 0 Å². The molecule has 0 radical (unpaired) electrons. The van der Waals surface area contributed by atoms with Crippen LogP contribution in [0.25, 0.3) is 11.4 Å². The van der Waals surface area contributed by atoms with E-state index in [4.69, 9.17) is 0 Å². The van der Waals surface area contributed by atoms with Crippen LogP contribution in [0, 0.1) is 0 Å². The van der Waals surface area contributed by atoms with Crippen molar-refractivity contribution in [2.45, 2.75) is 31.7 Å². The molecular formula is C20H21N5O. The average molecular weight is 347 g/mol. The first-order valence-electron chi connectivity index (χ1n) is 8.97. The Balaban J connectivity index is 1.35. The average Bonchev–Trinajstić information content (AvgIpc) is 3.15. The zero-order chi connectivity index (χ0) is 17.8. The second kappa shape index (κ2) is 7.47. The summed E-state index contributed by atoms with van der Waals surface area (Å²) in [6.07, 6.45) is 3.41. The third-order valence-electron chi connectivity index (χ3n) is 4.81. The molecule has 6 heteroatoms. The van der Waals surface area contributed by atoms with Crippen molar-refractivity contribution < 1.29 is 4.79 Å². The minimum Gasteiger partial charge on any atom is -0.354 e. The van der Waals surface area contributed by atoms with Crippen molar-refractivity contribution in [1.82, 2.24) is 25.5 Å². The molecule has 1 atom stereocenters. The van der Waals surface area contributed by atoms with E-state index in [0.29, 0.717) is 18.3 Å². The van der Waals surface area contributed by atoms with Crippen LogP contribution in [0.1, 0.15) is 29.9 Å². The molecule has 1 amide bonds. The fourth-order valence-corrected chi connectivity index (χ4v) is 3.50. The lowest BCUT2D eigenvalue weighted by atomic mass is 9.83. The second-order valence-corrected chi connectivity index (χ2v) is 6.60. The Kier molecular flexibility index (Phi) is 4.73. The van der Waals surface area contributed by atoms with Gasteiger partial charge in [0.15, 0.2) is 0 Å². The van der Waals surface area contributed by atoms with Crippen LogP contribution in [0.4, 0.5) is 0 Å². The molecule has 6 nitrogen and oxygen atoms in total. The van der Waals surface area contributed by atoms with Crippen LogP contribution >= 0.6 is 0 Å². The van der Waals surface area contributed by atoms with Gasteiger partial charge in [-0.05, 0) is 35.6 Å². The quantitative estimate of drug-likeness (QED) is 0.770. The fraction of sp³-hybridized carbons (Fsp3) is 0.300. The Hall–Kier alpha value is -3.02. The van der Waals surface area contributed by atoms with Crippen molar-refractivity contribution in [2.24, 2.45) is 0 Å². The van der Waals surface area contributed by atoms with Crippen molar-refractivity contribution in [3.05, 3.63) is 65.7 Å². The highest BCUT2D eigenvalue weighted by Crippen LogP contribution is 2.30. The first-order chi connectivity index (χ1) is 12.8. The number of hydrogen-bond donors (Lipinski definition) is 1. The molecule has 0 saturated heterocycles. The van der Waals surface area contributed by atoms with Crippen LogP contribution in [0.15, 0.2) is 54.6 Å². The maximum Gasteiger partial charge on any atom is 0.243 e. The van der Waals surface area contributed by atoms with E-state index in [0.717, 1.165) is 18.4 Å². The van der Waals surface area contributed by atoms with Crippen molar-refractivity contribution in [3.63, 3.8) is 0 Å². The van der Waals surface area contributed by atoms with Gasteiger partial charge in [0.25, 0.3) is 0 Å². The van der Waals surface area contributed by atoms with Gasteiger partial charge in [0, 0.05) is 18.0 Å². The number of tetrazole rings is 1. The molecule has 132 valence electrons. The van der Waals surface area contributed by atoms with E-state index in [9.17, 15) is 4.79 Å². The molecule has 1 aliphatic carbocycles. The van der Waals surface area contributed by atoms with E-state index in [-0.39, 0.29) is 12.5 Å². The van der Waals surface area contributed by atoms with E-state index in [1.165, 1.54) is 22.3 Å². The number of aromatic nitrogens is 4. The summed E-state index contributed by atoms with van der Waals surface area (Å²) in [6.45, 7) is 0.726. The first-order valence-corrected chi connectivity index (χ1v) is 8.97. The first kappa shape index (κ1) is 16.4. The molecule has 0 aliphatic heterocycles.